The van der Waals surface area contributed by atoms with Crippen molar-refractivity contribution in [2.75, 3.05) is 65.2 Å². The van der Waals surface area contributed by atoms with E-state index in [2.05, 4.69) is 45.3 Å². The van der Waals surface area contributed by atoms with Crippen LogP contribution in [-0.4, -0.2) is 110 Å². The number of methoxy groups -OCH3 is 1. The zero-order valence-corrected chi connectivity index (χ0v) is 48.4. The number of aliphatic imine (C=N–C) groups is 1. The van der Waals surface area contributed by atoms with Crippen LogP contribution in [0.2, 0.25) is 15.1 Å². The molecule has 8 rings (SSSR count). The molecule has 6 aromatic rings. The van der Waals surface area contributed by atoms with Gasteiger partial charge in [0.25, 0.3) is 5.91 Å². The molecule has 4 aromatic carbocycles. The molecule has 21 heteroatoms. The molecular weight excluding hydrogens is 1100 g/mol. The third-order valence-corrected chi connectivity index (χ3v) is 16.3. The molecular formula is C58H65Cl3F2N8O7S. The quantitative estimate of drug-likeness (QED) is 0.0478. The molecule has 0 unspecified atom stereocenters. The molecule has 0 spiro atoms. The Morgan fingerprint density at radius 1 is 0.835 bits per heavy atom. The summed E-state index contributed by atoms with van der Waals surface area (Å²) in [5.74, 6) is -1.82. The van der Waals surface area contributed by atoms with Gasteiger partial charge in [0.1, 0.15) is 34.3 Å². The molecule has 420 valence electrons. The van der Waals surface area contributed by atoms with E-state index >= 15 is 8.78 Å². The average Bonchev–Trinajstić information content (AvgIpc) is 4.25. The molecule has 5 atom stereocenters. The largest absolute Gasteiger partial charge is 0.495 e. The van der Waals surface area contributed by atoms with Crippen LogP contribution in [0, 0.1) is 37.8 Å². The van der Waals surface area contributed by atoms with E-state index in [1.807, 2.05) is 63.5 Å². The molecule has 2 aliphatic rings. The van der Waals surface area contributed by atoms with Crippen LogP contribution >= 0.6 is 46.1 Å². The topological polar surface area (TPSA) is 179 Å². The Labute approximate surface area is 478 Å². The number of aromatic nitrogens is 3. The van der Waals surface area contributed by atoms with Crippen LogP contribution in [0.25, 0.3) is 5.00 Å². The maximum absolute atomic E-state index is 16.1. The molecule has 4 heterocycles. The zero-order chi connectivity index (χ0) is 56.8. The lowest BCUT2D eigenvalue weighted by atomic mass is 9.63. The first-order valence-corrected chi connectivity index (χ1v) is 27.9. The van der Waals surface area contributed by atoms with E-state index in [4.69, 9.17) is 58.7 Å². The van der Waals surface area contributed by atoms with Gasteiger partial charge >= 0.3 is 0 Å². The lowest BCUT2D eigenvalue weighted by Gasteiger charge is -2.40. The first-order chi connectivity index (χ1) is 37.7. The van der Waals surface area contributed by atoms with Crippen molar-refractivity contribution in [1.82, 2.24) is 30.7 Å². The number of aryl methyl sites for hydroxylation is 2. The number of carbonyl (C=O) groups is 3. The smallest absolute Gasteiger partial charge is 0.251 e. The number of amides is 3. The predicted molar refractivity (Wildman–Crippen MR) is 305 cm³/mol. The van der Waals surface area contributed by atoms with Crippen LogP contribution in [0.3, 0.4) is 0 Å². The summed E-state index contributed by atoms with van der Waals surface area (Å²) >= 11 is 20.4. The first kappa shape index (κ1) is 59.3. The number of nitrogens with one attached hydrogen (secondary N) is 4. The van der Waals surface area contributed by atoms with Gasteiger partial charge in [-0.25, -0.2) is 8.78 Å². The summed E-state index contributed by atoms with van der Waals surface area (Å²) in [7, 11) is 1.41. The Kier molecular flexibility index (Phi) is 19.3. The van der Waals surface area contributed by atoms with Crippen molar-refractivity contribution >= 4 is 75.3 Å². The Balaban J connectivity index is 0.768. The second kappa shape index (κ2) is 25.7. The zero-order valence-electron chi connectivity index (χ0n) is 45.3. The third-order valence-electron chi connectivity index (χ3n) is 14.3. The average molecular weight is 1160 g/mol. The summed E-state index contributed by atoms with van der Waals surface area (Å²) in [6.45, 7) is 16.2. The fraction of sp³-hybridized carbons (Fsp3) is 0.414. The highest BCUT2D eigenvalue weighted by Gasteiger charge is 2.58. The minimum atomic E-state index is -1.17. The summed E-state index contributed by atoms with van der Waals surface area (Å²) in [4.78, 5) is 47.4. The normalized spacial score (nSPS) is 18.8. The highest BCUT2D eigenvalue weighted by molar-refractivity contribution is 7.15. The SMILES string of the molecule is COc1cc(C(=O)NCCOCCOCCOCCNC(=O)C[C@@H]2N=C(c3ccc(Cl)cc3)c3c(sc(C)c3C)-n3c(C)nnc32)ccc1NC(=O)[C@H]1N[C@H](CC(C)(C)C)[C@@](C)(c2ccc(Cl)cc2F)[C@@H]1c1cccc(Cl)c1F. The van der Waals surface area contributed by atoms with E-state index in [9.17, 15) is 14.4 Å². The number of carbonyl (C=O) groups excluding carboxylic acids is 3. The summed E-state index contributed by atoms with van der Waals surface area (Å²) in [5.41, 5.74) is 3.29. The van der Waals surface area contributed by atoms with Gasteiger partial charge in [0.05, 0.1) is 75.6 Å². The summed E-state index contributed by atoms with van der Waals surface area (Å²) in [6.07, 6.45) is 0.563. The number of ether oxygens (including phenoxy) is 4. The number of thiophene rings is 1. The minimum Gasteiger partial charge on any atom is -0.495 e. The molecule has 1 saturated heterocycles. The summed E-state index contributed by atoms with van der Waals surface area (Å²) in [6, 6.07) is 19.0. The highest BCUT2D eigenvalue weighted by Crippen LogP contribution is 2.53. The van der Waals surface area contributed by atoms with Gasteiger partial charge in [-0.05, 0) is 97.8 Å². The maximum atomic E-state index is 16.1. The molecule has 0 saturated carbocycles. The van der Waals surface area contributed by atoms with Crippen molar-refractivity contribution in [3.05, 3.63) is 155 Å². The molecule has 0 aliphatic carbocycles. The minimum absolute atomic E-state index is 0.0633. The summed E-state index contributed by atoms with van der Waals surface area (Å²) in [5, 5.41) is 22.7. The van der Waals surface area contributed by atoms with Crippen LogP contribution < -0.4 is 26.0 Å². The molecule has 2 aromatic heterocycles. The molecule has 1 fully saturated rings. The number of halogens is 5. The third kappa shape index (κ3) is 13.5. The lowest BCUT2D eigenvalue weighted by Crippen LogP contribution is -2.44. The molecule has 0 radical (unpaired) electrons. The number of anilines is 1. The van der Waals surface area contributed by atoms with Gasteiger partial charge in [-0.15, -0.1) is 21.5 Å². The van der Waals surface area contributed by atoms with E-state index < -0.39 is 52.9 Å². The lowest BCUT2D eigenvalue weighted by molar-refractivity contribution is -0.121. The molecule has 15 nitrogen and oxygen atoms in total. The van der Waals surface area contributed by atoms with Gasteiger partial charge in [-0.1, -0.05) is 92.8 Å². The van der Waals surface area contributed by atoms with Gasteiger partial charge in [-0.2, -0.15) is 0 Å². The maximum Gasteiger partial charge on any atom is 0.251 e. The van der Waals surface area contributed by atoms with E-state index in [-0.39, 0.29) is 82.3 Å². The number of fused-ring (bicyclic) bond motifs is 3. The van der Waals surface area contributed by atoms with Gasteiger partial charge in [0, 0.05) is 62.1 Å². The van der Waals surface area contributed by atoms with E-state index in [0.29, 0.717) is 49.5 Å². The van der Waals surface area contributed by atoms with Crippen LogP contribution in [0.1, 0.15) is 107 Å². The van der Waals surface area contributed by atoms with Crippen molar-refractivity contribution < 1.29 is 42.1 Å². The Morgan fingerprint density at radius 3 is 2.18 bits per heavy atom. The van der Waals surface area contributed by atoms with Crippen LogP contribution in [0.4, 0.5) is 14.5 Å². The Morgan fingerprint density at radius 2 is 1.51 bits per heavy atom. The van der Waals surface area contributed by atoms with Crippen LogP contribution in [-0.2, 0) is 29.2 Å². The highest BCUT2D eigenvalue weighted by atomic mass is 35.5. The molecule has 3 amide bonds. The Bertz CT molecular complexity index is 3220. The molecule has 4 N–H and O–H groups in total. The fourth-order valence-corrected chi connectivity index (χ4v) is 12.1. The van der Waals surface area contributed by atoms with Crippen molar-refractivity contribution in [2.45, 2.75) is 90.8 Å². The number of hydrogen-bond acceptors (Lipinski definition) is 12. The van der Waals surface area contributed by atoms with Crippen LogP contribution in [0.5, 0.6) is 5.75 Å². The van der Waals surface area contributed by atoms with E-state index in [0.717, 1.165) is 32.3 Å². The van der Waals surface area contributed by atoms with Crippen molar-refractivity contribution in [3.63, 3.8) is 0 Å². The number of rotatable bonds is 22. The number of benzene rings is 4. The van der Waals surface area contributed by atoms with Gasteiger partial charge in [-0.3, -0.25) is 23.9 Å². The molecule has 2 aliphatic heterocycles. The van der Waals surface area contributed by atoms with Gasteiger partial charge < -0.3 is 40.2 Å². The Hall–Kier alpha value is -5.83. The van der Waals surface area contributed by atoms with Crippen molar-refractivity contribution in [1.29, 1.82) is 0 Å². The number of nitrogens with zero attached hydrogens (tertiary/aromatic N) is 4. The van der Waals surface area contributed by atoms with E-state index in [1.54, 1.807) is 47.7 Å². The monoisotopic (exact) mass is 1160 g/mol. The fourth-order valence-electron chi connectivity index (χ4n) is 10.4. The van der Waals surface area contributed by atoms with Gasteiger partial charge in [0.15, 0.2) is 5.82 Å². The van der Waals surface area contributed by atoms with E-state index in [1.165, 1.54) is 25.3 Å². The van der Waals surface area contributed by atoms with Crippen molar-refractivity contribution in [2.24, 2.45) is 10.4 Å². The van der Waals surface area contributed by atoms with Crippen LogP contribution in [0.15, 0.2) is 83.9 Å². The summed E-state index contributed by atoms with van der Waals surface area (Å²) < 4.78 is 56.8. The van der Waals surface area contributed by atoms with Crippen molar-refractivity contribution in [3.8, 4) is 10.8 Å². The number of hydrogen-bond donors (Lipinski definition) is 4. The standard InChI is InChI=1S/C58H65Cl3F2N8O7S/c1-32-33(2)79-56-48(32)51(35-12-15-37(59)16-13-35)66-44(53-70-69-34(3)71(53)56)30-47(72)64-20-22-76-24-26-78-27-25-77-23-21-65-54(73)36-14-19-43(45(28-36)75-8)67-55(74)52-49(39-10-9-11-41(61)50(39)63)58(7,46(68-52)31-57(4,5)6)40-18-17-38(60)29-42(40)62/h9-19,28-29,44,46,49,52,68H,20-27,30-31H2,1-8H3,(H,64,72)(H,65,73)(H,67,74)/t44-,46+,49+,52-,58+/m0/s1. The second-order valence-electron chi connectivity index (χ2n) is 20.9. The second-order valence-corrected chi connectivity index (χ2v) is 23.4. The molecule has 0 bridgehead atoms. The first-order valence-electron chi connectivity index (χ1n) is 26.0. The van der Waals surface area contributed by atoms with Gasteiger partial charge in [0.2, 0.25) is 11.8 Å². The predicted octanol–water partition coefficient (Wildman–Crippen LogP) is 10.8. The molecule has 79 heavy (non-hydrogen) atoms.